The molecule has 7 heteroatoms. The van der Waals surface area contributed by atoms with Crippen LogP contribution in [0.1, 0.15) is 50.7 Å². The minimum Gasteiger partial charge on any atom is -0.481 e. The molecular weight excluding hydrogens is 444 g/mol. The lowest BCUT2D eigenvalue weighted by Gasteiger charge is -2.40. The number of hydrogen-bond acceptors (Lipinski definition) is 4. The third kappa shape index (κ3) is 5.04. The van der Waals surface area contributed by atoms with Crippen molar-refractivity contribution in [2.45, 2.75) is 39.5 Å². The summed E-state index contributed by atoms with van der Waals surface area (Å²) in [6.45, 7) is 6.76. The second kappa shape index (κ2) is 10.1. The summed E-state index contributed by atoms with van der Waals surface area (Å²) in [6.07, 6.45) is 0.521. The fraction of sp³-hybridized carbons (Fsp3) is 0.464. The van der Waals surface area contributed by atoms with E-state index in [4.69, 9.17) is 4.74 Å². The van der Waals surface area contributed by atoms with Crippen molar-refractivity contribution in [3.8, 4) is 11.1 Å². The van der Waals surface area contributed by atoms with Gasteiger partial charge in [0.05, 0.1) is 11.3 Å². The smallest absolute Gasteiger partial charge is 0.407 e. The Bertz CT molecular complexity index is 1070. The SMILES string of the molecule is CCC(C)(CNC(=O)OCC1c2ccccc2-c2ccccc21)C(=O)N1CC(C)CC(C(=O)O)C1. The molecule has 0 saturated carbocycles. The molecule has 3 atom stereocenters. The van der Waals surface area contributed by atoms with Gasteiger partial charge in [-0.1, -0.05) is 62.4 Å². The van der Waals surface area contributed by atoms with Crippen LogP contribution in [0, 0.1) is 17.3 Å². The lowest BCUT2D eigenvalue weighted by atomic mass is 9.83. The molecule has 2 amide bonds. The molecule has 2 aliphatic rings. The van der Waals surface area contributed by atoms with Crippen LogP contribution in [0.2, 0.25) is 0 Å². The number of carbonyl (C=O) groups is 3. The number of piperidine rings is 1. The van der Waals surface area contributed by atoms with Gasteiger partial charge >= 0.3 is 12.1 Å². The minimum atomic E-state index is -0.871. The van der Waals surface area contributed by atoms with Crippen LogP contribution in [0.4, 0.5) is 4.79 Å². The molecule has 2 aromatic carbocycles. The average Bonchev–Trinajstić information content (AvgIpc) is 3.18. The van der Waals surface area contributed by atoms with E-state index >= 15 is 0 Å². The maximum atomic E-state index is 13.4. The summed E-state index contributed by atoms with van der Waals surface area (Å²) in [5, 5.41) is 12.2. The maximum Gasteiger partial charge on any atom is 0.407 e. The van der Waals surface area contributed by atoms with Crippen LogP contribution < -0.4 is 5.32 Å². The van der Waals surface area contributed by atoms with Gasteiger partial charge in [0, 0.05) is 25.6 Å². The van der Waals surface area contributed by atoms with E-state index in [-0.39, 0.29) is 37.4 Å². The zero-order chi connectivity index (χ0) is 25.2. The Hall–Kier alpha value is -3.35. The molecule has 1 aliphatic heterocycles. The lowest BCUT2D eigenvalue weighted by Crippen LogP contribution is -2.53. The highest BCUT2D eigenvalue weighted by Crippen LogP contribution is 2.44. The van der Waals surface area contributed by atoms with Crippen molar-refractivity contribution in [3.63, 3.8) is 0 Å². The summed E-state index contributed by atoms with van der Waals surface area (Å²) < 4.78 is 5.62. The molecule has 0 radical (unpaired) electrons. The Balaban J connectivity index is 1.37. The van der Waals surface area contributed by atoms with Crippen molar-refractivity contribution in [1.82, 2.24) is 10.2 Å². The third-order valence-corrected chi connectivity index (χ3v) is 7.56. The fourth-order valence-corrected chi connectivity index (χ4v) is 5.35. The first kappa shape index (κ1) is 24.8. The van der Waals surface area contributed by atoms with Gasteiger partial charge in [-0.05, 0) is 47.9 Å². The number of fused-ring (bicyclic) bond motifs is 3. The van der Waals surface area contributed by atoms with Gasteiger partial charge in [-0.25, -0.2) is 4.79 Å². The van der Waals surface area contributed by atoms with Gasteiger partial charge < -0.3 is 20.1 Å². The third-order valence-electron chi connectivity index (χ3n) is 7.56. The molecule has 3 unspecified atom stereocenters. The Kier molecular flexibility index (Phi) is 7.15. The summed E-state index contributed by atoms with van der Waals surface area (Å²) >= 11 is 0. The molecule has 0 spiro atoms. The van der Waals surface area contributed by atoms with E-state index in [2.05, 4.69) is 29.6 Å². The average molecular weight is 479 g/mol. The van der Waals surface area contributed by atoms with Crippen molar-refractivity contribution in [1.29, 1.82) is 0 Å². The molecule has 1 saturated heterocycles. The van der Waals surface area contributed by atoms with E-state index < -0.39 is 23.4 Å². The largest absolute Gasteiger partial charge is 0.481 e. The van der Waals surface area contributed by atoms with E-state index in [9.17, 15) is 19.5 Å². The summed E-state index contributed by atoms with van der Waals surface area (Å²) in [4.78, 5) is 39.2. The number of nitrogens with zero attached hydrogens (tertiary/aromatic N) is 1. The van der Waals surface area contributed by atoms with Crippen molar-refractivity contribution < 1.29 is 24.2 Å². The van der Waals surface area contributed by atoms with Gasteiger partial charge in [0.1, 0.15) is 6.61 Å². The molecule has 0 aromatic heterocycles. The van der Waals surface area contributed by atoms with E-state index in [1.807, 2.05) is 45.0 Å². The molecule has 186 valence electrons. The molecule has 1 heterocycles. The molecule has 2 N–H and O–H groups in total. The summed E-state index contributed by atoms with van der Waals surface area (Å²) in [7, 11) is 0. The molecule has 35 heavy (non-hydrogen) atoms. The highest BCUT2D eigenvalue weighted by Gasteiger charge is 2.40. The zero-order valence-electron chi connectivity index (χ0n) is 20.6. The summed E-state index contributed by atoms with van der Waals surface area (Å²) in [5.41, 5.74) is 3.77. The van der Waals surface area contributed by atoms with Crippen LogP contribution in [0.5, 0.6) is 0 Å². The van der Waals surface area contributed by atoms with E-state index in [1.54, 1.807) is 4.90 Å². The number of carboxylic acid groups (broad SMARTS) is 1. The molecule has 1 fully saturated rings. The van der Waals surface area contributed by atoms with E-state index in [1.165, 1.54) is 0 Å². The van der Waals surface area contributed by atoms with E-state index in [0.29, 0.717) is 19.4 Å². The topological polar surface area (TPSA) is 95.9 Å². The fourth-order valence-electron chi connectivity index (χ4n) is 5.35. The quantitative estimate of drug-likeness (QED) is 0.610. The number of aliphatic carboxylic acids is 1. The minimum absolute atomic E-state index is 0.0323. The van der Waals surface area contributed by atoms with Crippen LogP contribution in [0.25, 0.3) is 11.1 Å². The zero-order valence-corrected chi connectivity index (χ0v) is 20.6. The van der Waals surface area contributed by atoms with Crippen molar-refractivity contribution in [2.75, 3.05) is 26.2 Å². The second-order valence-corrected chi connectivity index (χ2v) is 10.2. The number of likely N-dealkylation sites (tertiary alicyclic amines) is 1. The van der Waals surface area contributed by atoms with Gasteiger partial charge in [0.25, 0.3) is 0 Å². The normalized spacial score (nSPS) is 20.9. The maximum absolute atomic E-state index is 13.4. The Morgan fingerprint density at radius 1 is 1.06 bits per heavy atom. The number of alkyl carbamates (subject to hydrolysis) is 1. The van der Waals surface area contributed by atoms with E-state index in [0.717, 1.165) is 22.3 Å². The first-order valence-corrected chi connectivity index (χ1v) is 12.3. The van der Waals surface area contributed by atoms with Crippen molar-refractivity contribution in [3.05, 3.63) is 59.7 Å². The predicted molar refractivity (Wildman–Crippen MR) is 133 cm³/mol. The van der Waals surface area contributed by atoms with Crippen molar-refractivity contribution in [2.24, 2.45) is 17.3 Å². The highest BCUT2D eigenvalue weighted by molar-refractivity contribution is 5.84. The Morgan fingerprint density at radius 3 is 2.23 bits per heavy atom. The molecule has 1 aliphatic carbocycles. The Labute approximate surface area is 206 Å². The molecule has 0 bridgehead atoms. The van der Waals surface area contributed by atoms with Crippen molar-refractivity contribution >= 4 is 18.0 Å². The van der Waals surface area contributed by atoms with Crippen LogP contribution in [-0.4, -0.2) is 54.2 Å². The van der Waals surface area contributed by atoms with Crippen LogP contribution >= 0.6 is 0 Å². The first-order chi connectivity index (χ1) is 16.7. The van der Waals surface area contributed by atoms with Gasteiger partial charge in [0.2, 0.25) is 5.91 Å². The van der Waals surface area contributed by atoms with Crippen LogP contribution in [0.3, 0.4) is 0 Å². The van der Waals surface area contributed by atoms with Gasteiger partial charge in [-0.3, -0.25) is 9.59 Å². The van der Waals surface area contributed by atoms with Gasteiger partial charge in [0.15, 0.2) is 0 Å². The molecule has 4 rings (SSSR count). The number of amides is 2. The second-order valence-electron chi connectivity index (χ2n) is 10.2. The van der Waals surface area contributed by atoms with Crippen LogP contribution in [0.15, 0.2) is 48.5 Å². The monoisotopic (exact) mass is 478 g/mol. The summed E-state index contributed by atoms with van der Waals surface area (Å²) in [6, 6.07) is 16.3. The van der Waals surface area contributed by atoms with Gasteiger partial charge in [-0.2, -0.15) is 0 Å². The first-order valence-electron chi connectivity index (χ1n) is 12.3. The van der Waals surface area contributed by atoms with Crippen LogP contribution in [-0.2, 0) is 14.3 Å². The number of carbonyl (C=O) groups excluding carboxylic acids is 2. The molecule has 7 nitrogen and oxygen atoms in total. The number of benzene rings is 2. The number of carboxylic acids is 1. The Morgan fingerprint density at radius 2 is 1.66 bits per heavy atom. The lowest BCUT2D eigenvalue weighted by molar-refractivity contribution is -0.150. The molecule has 2 aromatic rings. The standard InChI is InChI=1S/C28H34N2O5/c1-4-28(3,26(33)30-14-18(2)13-19(15-30)25(31)32)17-29-27(34)35-16-24-22-11-7-5-9-20(22)21-10-6-8-12-23(21)24/h5-12,18-19,24H,4,13-17H2,1-3H3,(H,29,34)(H,31,32). The number of hydrogen-bond donors (Lipinski definition) is 2. The summed E-state index contributed by atoms with van der Waals surface area (Å²) in [5.74, 6) is -1.47. The van der Waals surface area contributed by atoms with Gasteiger partial charge in [-0.15, -0.1) is 0 Å². The molecular formula is C28H34N2O5. The number of nitrogens with one attached hydrogen (secondary N) is 1. The highest BCUT2D eigenvalue weighted by atomic mass is 16.5. The predicted octanol–water partition coefficient (Wildman–Crippen LogP) is 4.51. The number of ether oxygens (including phenoxy) is 1. The number of rotatable bonds is 7.